The topological polar surface area (TPSA) is 76.0 Å². The first kappa shape index (κ1) is 16.8. The number of pyridine rings is 1. The number of rotatable bonds is 5. The summed E-state index contributed by atoms with van der Waals surface area (Å²) in [7, 11) is 1.89. The van der Waals surface area contributed by atoms with Crippen LogP contribution >= 0.6 is 0 Å². The molecular formula is C19H23N5O2. The van der Waals surface area contributed by atoms with Crippen LogP contribution < -0.4 is 0 Å². The number of fused-ring (bicyclic) bond motifs is 1. The van der Waals surface area contributed by atoms with Crippen molar-refractivity contribution in [1.82, 2.24) is 24.6 Å². The smallest absolute Gasteiger partial charge is 0.270 e. The molecule has 0 aromatic carbocycles. The van der Waals surface area contributed by atoms with Crippen LogP contribution in [-0.2, 0) is 11.8 Å². The lowest BCUT2D eigenvalue weighted by atomic mass is 10.0. The summed E-state index contributed by atoms with van der Waals surface area (Å²) in [5, 5.41) is 7.73. The van der Waals surface area contributed by atoms with Crippen LogP contribution in [0.3, 0.4) is 0 Å². The zero-order chi connectivity index (χ0) is 18.3. The normalized spacial score (nSPS) is 17.1. The Morgan fingerprint density at radius 2 is 2.27 bits per heavy atom. The molecule has 4 heterocycles. The van der Waals surface area contributed by atoms with E-state index in [9.17, 15) is 4.79 Å². The Morgan fingerprint density at radius 1 is 1.42 bits per heavy atom. The predicted octanol–water partition coefficient (Wildman–Crippen LogP) is 2.60. The number of H-pyrrole nitrogens is 1. The molecule has 0 bridgehead atoms. The summed E-state index contributed by atoms with van der Waals surface area (Å²) in [5.74, 6) is 0.0407. The molecule has 0 spiro atoms. The van der Waals surface area contributed by atoms with Gasteiger partial charge in [-0.1, -0.05) is 0 Å². The molecule has 0 radical (unpaired) electrons. The Balaban J connectivity index is 1.60. The van der Waals surface area contributed by atoms with Gasteiger partial charge in [0.15, 0.2) is 0 Å². The summed E-state index contributed by atoms with van der Waals surface area (Å²) in [5.41, 5.74) is 3.21. The van der Waals surface area contributed by atoms with Gasteiger partial charge in [-0.2, -0.15) is 5.10 Å². The molecule has 7 heteroatoms. The quantitative estimate of drug-likeness (QED) is 0.765. The van der Waals surface area contributed by atoms with E-state index in [1.807, 2.05) is 54.8 Å². The number of hydrogen-bond donors (Lipinski definition) is 1. The van der Waals surface area contributed by atoms with Crippen LogP contribution in [0.15, 0.2) is 30.6 Å². The molecule has 3 aromatic rings. The highest BCUT2D eigenvalue weighted by Gasteiger charge is 2.34. The monoisotopic (exact) mass is 353 g/mol. The van der Waals surface area contributed by atoms with Gasteiger partial charge in [0.05, 0.1) is 30.6 Å². The fraction of sp³-hybridized carbons (Fsp3) is 0.421. The van der Waals surface area contributed by atoms with E-state index >= 15 is 0 Å². The zero-order valence-electron chi connectivity index (χ0n) is 15.3. The van der Waals surface area contributed by atoms with Gasteiger partial charge in [0, 0.05) is 30.7 Å². The molecule has 136 valence electrons. The number of nitrogens with one attached hydrogen (secondary N) is 1. The highest BCUT2D eigenvalue weighted by atomic mass is 16.5. The van der Waals surface area contributed by atoms with Crippen molar-refractivity contribution in [3.63, 3.8) is 0 Å². The molecule has 7 nitrogen and oxygen atoms in total. The lowest BCUT2D eigenvalue weighted by Gasteiger charge is -2.41. The minimum atomic E-state index is 0.0407. The fourth-order valence-corrected chi connectivity index (χ4v) is 3.29. The van der Waals surface area contributed by atoms with Crippen molar-refractivity contribution in [2.45, 2.75) is 32.4 Å². The third-order valence-corrected chi connectivity index (χ3v) is 4.92. The average Bonchev–Trinajstić information content (AvgIpc) is 3.22. The summed E-state index contributed by atoms with van der Waals surface area (Å²) >= 11 is 0. The van der Waals surface area contributed by atoms with E-state index in [-0.39, 0.29) is 18.1 Å². The first-order chi connectivity index (χ1) is 12.5. The number of likely N-dealkylation sites (tertiary alicyclic amines) is 1. The molecule has 1 atom stereocenters. The molecule has 4 rings (SSSR count). The molecule has 0 unspecified atom stereocenters. The van der Waals surface area contributed by atoms with Crippen molar-refractivity contribution in [3.05, 3.63) is 36.3 Å². The number of carbonyl (C=O) groups is 1. The maximum absolute atomic E-state index is 13.0. The van der Waals surface area contributed by atoms with Gasteiger partial charge in [-0.15, -0.1) is 0 Å². The van der Waals surface area contributed by atoms with Gasteiger partial charge in [-0.25, -0.2) is 4.98 Å². The molecule has 1 aliphatic rings. The standard InChI is InChI=1S/C19H23N5O2/c1-12(2)26-11-15-6-7-24(15)19(25)17-8-13-4-5-16(14-9-20-21-10-14)22-18(13)23(17)3/h4-5,8-10,12,15H,6-7,11H2,1-3H3,(H,20,21)/t15-/m1/s1. The minimum absolute atomic E-state index is 0.0407. The number of aromatic nitrogens is 4. The highest BCUT2D eigenvalue weighted by molar-refractivity contribution is 5.98. The third-order valence-electron chi connectivity index (χ3n) is 4.92. The van der Waals surface area contributed by atoms with Crippen molar-refractivity contribution in [1.29, 1.82) is 0 Å². The van der Waals surface area contributed by atoms with Crippen molar-refractivity contribution in [3.8, 4) is 11.3 Å². The second-order valence-corrected chi connectivity index (χ2v) is 7.01. The largest absolute Gasteiger partial charge is 0.377 e. The van der Waals surface area contributed by atoms with E-state index in [2.05, 4.69) is 10.2 Å². The Labute approximate surface area is 152 Å². The van der Waals surface area contributed by atoms with Crippen LogP contribution in [0.25, 0.3) is 22.3 Å². The Morgan fingerprint density at radius 3 is 2.92 bits per heavy atom. The van der Waals surface area contributed by atoms with Crippen LogP contribution in [0.4, 0.5) is 0 Å². The summed E-state index contributed by atoms with van der Waals surface area (Å²) in [6, 6.07) is 6.03. The minimum Gasteiger partial charge on any atom is -0.377 e. The summed E-state index contributed by atoms with van der Waals surface area (Å²) in [4.78, 5) is 19.6. The van der Waals surface area contributed by atoms with Gasteiger partial charge in [0.1, 0.15) is 11.3 Å². The number of hydrogen-bond acceptors (Lipinski definition) is 4. The first-order valence-corrected chi connectivity index (χ1v) is 8.93. The van der Waals surface area contributed by atoms with Crippen molar-refractivity contribution in [2.24, 2.45) is 7.05 Å². The van der Waals surface area contributed by atoms with E-state index < -0.39 is 0 Å². The number of aryl methyl sites for hydroxylation is 1. The number of nitrogens with zero attached hydrogens (tertiary/aromatic N) is 4. The summed E-state index contributed by atoms with van der Waals surface area (Å²) in [6.45, 7) is 5.40. The van der Waals surface area contributed by atoms with Crippen LogP contribution in [0.1, 0.15) is 30.8 Å². The van der Waals surface area contributed by atoms with Gasteiger partial charge in [-0.05, 0) is 38.5 Å². The summed E-state index contributed by atoms with van der Waals surface area (Å²) in [6.07, 6.45) is 4.71. The molecule has 26 heavy (non-hydrogen) atoms. The molecule has 1 saturated heterocycles. The molecule has 3 aromatic heterocycles. The lowest BCUT2D eigenvalue weighted by molar-refractivity contribution is -0.0103. The maximum atomic E-state index is 13.0. The van der Waals surface area contributed by atoms with Crippen molar-refractivity contribution in [2.75, 3.05) is 13.2 Å². The lowest BCUT2D eigenvalue weighted by Crippen LogP contribution is -2.53. The van der Waals surface area contributed by atoms with Crippen LogP contribution in [0.5, 0.6) is 0 Å². The summed E-state index contributed by atoms with van der Waals surface area (Å²) < 4.78 is 7.56. The highest BCUT2D eigenvalue weighted by Crippen LogP contribution is 2.26. The second-order valence-electron chi connectivity index (χ2n) is 7.01. The van der Waals surface area contributed by atoms with Crippen LogP contribution in [-0.4, -0.2) is 55.9 Å². The second kappa shape index (κ2) is 6.57. The third kappa shape index (κ3) is 2.88. The fourth-order valence-electron chi connectivity index (χ4n) is 3.29. The number of amides is 1. The molecular weight excluding hydrogens is 330 g/mol. The van der Waals surface area contributed by atoms with E-state index in [0.29, 0.717) is 12.3 Å². The molecule has 1 fully saturated rings. The number of ether oxygens (including phenoxy) is 1. The molecule has 1 N–H and O–H groups in total. The molecule has 0 saturated carbocycles. The van der Waals surface area contributed by atoms with Gasteiger partial charge in [-0.3, -0.25) is 9.89 Å². The Bertz CT molecular complexity index is 929. The number of aromatic amines is 1. The van der Waals surface area contributed by atoms with Gasteiger partial charge < -0.3 is 14.2 Å². The SMILES string of the molecule is CC(C)OC[C@H]1CCN1C(=O)c1cc2ccc(-c3cn[nH]c3)nc2n1C. The van der Waals surface area contributed by atoms with Crippen LogP contribution in [0, 0.1) is 0 Å². The molecule has 1 aliphatic heterocycles. The van der Waals surface area contributed by atoms with Gasteiger partial charge >= 0.3 is 0 Å². The van der Waals surface area contributed by atoms with Gasteiger partial charge in [0.25, 0.3) is 5.91 Å². The van der Waals surface area contributed by atoms with Gasteiger partial charge in [0.2, 0.25) is 0 Å². The Hall–Kier alpha value is -2.67. The van der Waals surface area contributed by atoms with Crippen molar-refractivity contribution >= 4 is 16.9 Å². The Kier molecular flexibility index (Phi) is 4.24. The van der Waals surface area contributed by atoms with Crippen LogP contribution in [0.2, 0.25) is 0 Å². The van der Waals surface area contributed by atoms with E-state index in [1.54, 1.807) is 6.20 Å². The molecule has 1 amide bonds. The zero-order valence-corrected chi connectivity index (χ0v) is 15.3. The average molecular weight is 353 g/mol. The van der Waals surface area contributed by atoms with Crippen molar-refractivity contribution < 1.29 is 9.53 Å². The maximum Gasteiger partial charge on any atom is 0.270 e. The molecule has 0 aliphatic carbocycles. The van der Waals surface area contributed by atoms with E-state index in [4.69, 9.17) is 9.72 Å². The van der Waals surface area contributed by atoms with E-state index in [1.165, 1.54) is 0 Å². The predicted molar refractivity (Wildman–Crippen MR) is 98.8 cm³/mol. The van der Waals surface area contributed by atoms with E-state index in [0.717, 1.165) is 35.3 Å². The number of carbonyl (C=O) groups excluding carboxylic acids is 1. The first-order valence-electron chi connectivity index (χ1n) is 8.93.